The molecule has 5 heterocycles. The lowest BCUT2D eigenvalue weighted by Crippen LogP contribution is -2.55. The third-order valence-electron chi connectivity index (χ3n) is 8.04. The zero-order valence-electron chi connectivity index (χ0n) is 23.3. The van der Waals surface area contributed by atoms with Crippen molar-refractivity contribution in [3.63, 3.8) is 0 Å². The number of piperazine rings is 1. The fourth-order valence-corrected chi connectivity index (χ4v) is 6.66. The van der Waals surface area contributed by atoms with E-state index in [2.05, 4.69) is 27.6 Å². The molecule has 6 rings (SSSR count). The van der Waals surface area contributed by atoms with Crippen molar-refractivity contribution < 1.29 is 22.7 Å². The van der Waals surface area contributed by atoms with Crippen molar-refractivity contribution in [3.8, 4) is 23.3 Å². The number of halogens is 3. The summed E-state index contributed by atoms with van der Waals surface area (Å²) in [6.07, 6.45) is 0.794. The molecular formula is C30H28F3N7O2S. The van der Waals surface area contributed by atoms with Crippen LogP contribution in [0.25, 0.3) is 32.2 Å². The van der Waals surface area contributed by atoms with Crippen LogP contribution in [0.2, 0.25) is 0 Å². The van der Waals surface area contributed by atoms with Crippen molar-refractivity contribution in [3.05, 3.63) is 54.1 Å². The van der Waals surface area contributed by atoms with E-state index in [1.165, 1.54) is 11.1 Å². The second kappa shape index (κ2) is 11.8. The van der Waals surface area contributed by atoms with Crippen molar-refractivity contribution in [2.75, 3.05) is 44.7 Å². The average Bonchev–Trinajstić information content (AvgIpc) is 3.61. The number of likely N-dealkylation sites (N-methyl/N-ethyl adjacent to an activating group) is 1. The van der Waals surface area contributed by atoms with Crippen LogP contribution in [-0.2, 0) is 4.79 Å². The Hall–Kier alpha value is -4.28. The molecule has 43 heavy (non-hydrogen) atoms. The van der Waals surface area contributed by atoms with Gasteiger partial charge in [-0.1, -0.05) is 18.7 Å². The molecule has 0 aliphatic carbocycles. The third-order valence-corrected chi connectivity index (χ3v) is 8.92. The number of thiophene rings is 1. The monoisotopic (exact) mass is 607 g/mol. The SMILES string of the molecule is C=C(F)C(=O)N1CCN(c2nc(OC[C@@H]3C[C@@H](F)CN3C)nc3c(F)c(-c4cccc5sccc45)ncc23)C[C@@H]1CC#N. The molecule has 9 nitrogen and oxygen atoms in total. The van der Waals surface area contributed by atoms with E-state index in [0.717, 1.165) is 10.1 Å². The Morgan fingerprint density at radius 3 is 2.79 bits per heavy atom. The topological polar surface area (TPSA) is 98.5 Å². The van der Waals surface area contributed by atoms with Crippen LogP contribution in [0, 0.1) is 17.1 Å². The third kappa shape index (κ3) is 5.48. The number of alkyl halides is 1. The molecule has 3 atom stereocenters. The number of carbonyl (C=O) groups is 1. The van der Waals surface area contributed by atoms with E-state index in [-0.39, 0.29) is 55.9 Å². The van der Waals surface area contributed by atoms with Gasteiger partial charge in [0.15, 0.2) is 11.6 Å². The number of rotatable bonds is 7. The van der Waals surface area contributed by atoms with E-state index in [1.807, 2.05) is 35.5 Å². The molecule has 2 saturated heterocycles. The van der Waals surface area contributed by atoms with Gasteiger partial charge in [0.1, 0.15) is 29.8 Å². The first kappa shape index (κ1) is 28.8. The molecule has 0 unspecified atom stereocenters. The molecule has 1 amide bonds. The number of hydrogen-bond acceptors (Lipinski definition) is 9. The van der Waals surface area contributed by atoms with E-state index in [1.54, 1.807) is 22.3 Å². The van der Waals surface area contributed by atoms with E-state index in [0.29, 0.717) is 29.7 Å². The molecule has 2 aliphatic rings. The number of aromatic nitrogens is 3. The van der Waals surface area contributed by atoms with Gasteiger partial charge in [-0.3, -0.25) is 14.7 Å². The number of fused-ring (bicyclic) bond motifs is 2. The first-order valence-electron chi connectivity index (χ1n) is 13.8. The zero-order chi connectivity index (χ0) is 30.2. The minimum atomic E-state index is -1.11. The van der Waals surface area contributed by atoms with Crippen LogP contribution < -0.4 is 9.64 Å². The molecule has 13 heteroatoms. The Balaban J connectivity index is 1.42. The number of anilines is 1. The standard InChI is InChI=1S/C30H28F3N7O2S/c1-17(31)29(41)40-10-9-39(15-19(40)6-8-34)28-23-13-35-26(22-4-3-5-24-21(22)7-11-43-24)25(33)27(23)36-30(37-28)42-16-20-12-18(32)14-38(20)2/h3-5,7,11,13,18-20H,1,6,9-10,12,14-16H2,2H3/t18-,19+,20+/m1/s1. The first-order valence-corrected chi connectivity index (χ1v) is 14.7. The summed E-state index contributed by atoms with van der Waals surface area (Å²) in [5.41, 5.74) is 0.741. The van der Waals surface area contributed by atoms with Gasteiger partial charge in [0.2, 0.25) is 0 Å². The first-order chi connectivity index (χ1) is 20.7. The zero-order valence-corrected chi connectivity index (χ0v) is 24.2. The van der Waals surface area contributed by atoms with Gasteiger partial charge < -0.3 is 14.5 Å². The van der Waals surface area contributed by atoms with Crippen molar-refractivity contribution in [1.82, 2.24) is 24.8 Å². The molecule has 3 aromatic heterocycles. The summed E-state index contributed by atoms with van der Waals surface area (Å²) in [6.45, 7) is 3.95. The summed E-state index contributed by atoms with van der Waals surface area (Å²) in [7, 11) is 1.81. The molecule has 0 saturated carbocycles. The van der Waals surface area contributed by atoms with Crippen LogP contribution in [0.5, 0.6) is 6.01 Å². The minimum Gasteiger partial charge on any atom is -0.462 e. The fraction of sp³-hybridized carbons (Fsp3) is 0.367. The van der Waals surface area contributed by atoms with Gasteiger partial charge in [-0.2, -0.15) is 15.2 Å². The summed E-state index contributed by atoms with van der Waals surface area (Å²) < 4.78 is 51.1. The number of ether oxygens (including phenoxy) is 1. The Kier molecular flexibility index (Phi) is 7.89. The quantitative estimate of drug-likeness (QED) is 0.274. The molecule has 0 radical (unpaired) electrons. The van der Waals surface area contributed by atoms with Gasteiger partial charge in [0.25, 0.3) is 5.91 Å². The van der Waals surface area contributed by atoms with Crippen molar-refractivity contribution in [1.29, 1.82) is 5.26 Å². The lowest BCUT2D eigenvalue weighted by atomic mass is 10.0. The van der Waals surface area contributed by atoms with E-state index >= 15 is 4.39 Å². The van der Waals surface area contributed by atoms with Crippen molar-refractivity contribution in [2.24, 2.45) is 0 Å². The molecule has 2 aliphatic heterocycles. The molecule has 2 fully saturated rings. The van der Waals surface area contributed by atoms with E-state index < -0.39 is 29.8 Å². The number of amides is 1. The second-order valence-electron chi connectivity index (χ2n) is 10.8. The van der Waals surface area contributed by atoms with Crippen LogP contribution in [0.4, 0.5) is 19.0 Å². The smallest absolute Gasteiger partial charge is 0.319 e. The van der Waals surface area contributed by atoms with Crippen molar-refractivity contribution >= 4 is 44.1 Å². The molecule has 0 spiro atoms. The highest BCUT2D eigenvalue weighted by atomic mass is 32.1. The predicted molar refractivity (Wildman–Crippen MR) is 158 cm³/mol. The number of pyridine rings is 1. The van der Waals surface area contributed by atoms with E-state index in [9.17, 15) is 18.8 Å². The Bertz CT molecular complexity index is 1760. The largest absolute Gasteiger partial charge is 0.462 e. The lowest BCUT2D eigenvalue weighted by molar-refractivity contribution is -0.131. The number of nitriles is 1. The van der Waals surface area contributed by atoms with Crippen LogP contribution in [0.1, 0.15) is 12.8 Å². The summed E-state index contributed by atoms with van der Waals surface area (Å²) in [5.74, 6) is -2.32. The molecule has 4 aromatic rings. The lowest BCUT2D eigenvalue weighted by Gasteiger charge is -2.41. The number of nitrogens with zero attached hydrogens (tertiary/aromatic N) is 7. The second-order valence-corrected chi connectivity index (χ2v) is 11.7. The van der Waals surface area contributed by atoms with Gasteiger partial charge in [0, 0.05) is 54.1 Å². The van der Waals surface area contributed by atoms with Crippen LogP contribution in [0.3, 0.4) is 0 Å². The Morgan fingerprint density at radius 2 is 2.05 bits per heavy atom. The van der Waals surface area contributed by atoms with Gasteiger partial charge in [0.05, 0.1) is 23.9 Å². The van der Waals surface area contributed by atoms with Crippen molar-refractivity contribution in [2.45, 2.75) is 31.1 Å². The highest BCUT2D eigenvalue weighted by molar-refractivity contribution is 7.17. The van der Waals surface area contributed by atoms with Gasteiger partial charge >= 0.3 is 6.01 Å². The predicted octanol–water partition coefficient (Wildman–Crippen LogP) is 4.88. The van der Waals surface area contributed by atoms with Crippen LogP contribution in [-0.4, -0.2) is 88.7 Å². The van der Waals surface area contributed by atoms with Crippen LogP contribution in [0.15, 0.2) is 48.2 Å². The number of benzene rings is 1. The van der Waals surface area contributed by atoms with E-state index in [4.69, 9.17) is 4.74 Å². The number of hydrogen-bond donors (Lipinski definition) is 0. The normalized spacial score (nSPS) is 21.0. The minimum absolute atomic E-state index is 0.00662. The molecule has 222 valence electrons. The Labute approximate surface area is 249 Å². The molecular weight excluding hydrogens is 579 g/mol. The Morgan fingerprint density at radius 1 is 1.21 bits per heavy atom. The van der Waals surface area contributed by atoms with Crippen LogP contribution >= 0.6 is 11.3 Å². The van der Waals surface area contributed by atoms with Gasteiger partial charge in [-0.05, 0) is 31.0 Å². The molecule has 0 N–H and O–H groups in total. The summed E-state index contributed by atoms with van der Waals surface area (Å²) in [5, 5.41) is 12.5. The maximum Gasteiger partial charge on any atom is 0.319 e. The van der Waals surface area contributed by atoms with Gasteiger partial charge in [-0.25, -0.2) is 13.2 Å². The molecule has 0 bridgehead atoms. The number of carbonyl (C=O) groups excluding carboxylic acids is 1. The highest BCUT2D eigenvalue weighted by Gasteiger charge is 2.34. The highest BCUT2D eigenvalue weighted by Crippen LogP contribution is 2.36. The summed E-state index contributed by atoms with van der Waals surface area (Å²) in [4.78, 5) is 30.9. The summed E-state index contributed by atoms with van der Waals surface area (Å²) in [6, 6.07) is 8.63. The number of likely N-dealkylation sites (tertiary alicyclic amines) is 1. The maximum atomic E-state index is 16.4. The van der Waals surface area contributed by atoms with Gasteiger partial charge in [-0.15, -0.1) is 11.3 Å². The summed E-state index contributed by atoms with van der Waals surface area (Å²) >= 11 is 1.54. The fourth-order valence-electron chi connectivity index (χ4n) is 5.84. The average molecular weight is 608 g/mol. The molecule has 1 aromatic carbocycles. The maximum absolute atomic E-state index is 16.4.